The van der Waals surface area contributed by atoms with Gasteiger partial charge in [-0.1, -0.05) is 30.3 Å². The van der Waals surface area contributed by atoms with Crippen molar-refractivity contribution in [3.8, 4) is 17.0 Å². The normalized spacial score (nSPS) is 13.8. The second-order valence-electron chi connectivity index (χ2n) is 7.74. The number of halogens is 5. The van der Waals surface area contributed by atoms with Crippen LogP contribution in [0, 0.1) is 0 Å². The first-order valence-electron chi connectivity index (χ1n) is 9.87. The lowest BCUT2D eigenvalue weighted by Crippen LogP contribution is -2.34. The van der Waals surface area contributed by atoms with Gasteiger partial charge in [0.05, 0.1) is 19.3 Å². The molecule has 1 N–H and O–H groups in total. The lowest BCUT2D eigenvalue weighted by atomic mass is 9.99. The van der Waals surface area contributed by atoms with Crippen molar-refractivity contribution in [2.24, 2.45) is 0 Å². The highest BCUT2D eigenvalue weighted by atomic mass is 19.4. The van der Waals surface area contributed by atoms with Crippen molar-refractivity contribution in [3.05, 3.63) is 75.8 Å². The molecule has 0 fully saturated rings. The fourth-order valence-corrected chi connectivity index (χ4v) is 3.84. The molecule has 0 aliphatic carbocycles. The molecule has 2 heterocycles. The van der Waals surface area contributed by atoms with Gasteiger partial charge in [-0.25, -0.2) is 13.6 Å². The molecule has 6 nitrogen and oxygen atoms in total. The van der Waals surface area contributed by atoms with Gasteiger partial charge in [-0.2, -0.15) is 13.2 Å². The van der Waals surface area contributed by atoms with Gasteiger partial charge >= 0.3 is 11.9 Å². The number of fused-ring (bicyclic) bond motifs is 1. The van der Waals surface area contributed by atoms with E-state index in [0.717, 1.165) is 21.2 Å². The second kappa shape index (κ2) is 8.38. The van der Waals surface area contributed by atoms with E-state index >= 15 is 0 Å². The molecule has 0 saturated carbocycles. The number of nitrogens with zero attached hydrogens (tertiary/aromatic N) is 3. The number of carbonyl (C=O) groups excluding carboxylic acids is 1. The summed E-state index contributed by atoms with van der Waals surface area (Å²) in [7, 11) is 0. The van der Waals surface area contributed by atoms with Gasteiger partial charge in [0.15, 0.2) is 0 Å². The summed E-state index contributed by atoms with van der Waals surface area (Å²) in [5.74, 6) is -1.21. The van der Waals surface area contributed by atoms with E-state index in [-0.39, 0.29) is 18.7 Å². The quantitative estimate of drug-likeness (QED) is 0.560. The van der Waals surface area contributed by atoms with Crippen molar-refractivity contribution < 1.29 is 31.9 Å². The van der Waals surface area contributed by atoms with Gasteiger partial charge in [0.25, 0.3) is 12.3 Å². The van der Waals surface area contributed by atoms with Crippen LogP contribution < -0.4 is 5.69 Å². The van der Waals surface area contributed by atoms with Crippen LogP contribution in [-0.2, 0) is 19.6 Å². The molecular formula is C22H18F5N3O3. The Morgan fingerprint density at radius 2 is 1.67 bits per heavy atom. The van der Waals surface area contributed by atoms with Crippen molar-refractivity contribution in [2.45, 2.75) is 32.2 Å². The minimum atomic E-state index is -4.48. The van der Waals surface area contributed by atoms with Gasteiger partial charge in [0.1, 0.15) is 6.54 Å². The zero-order valence-electron chi connectivity index (χ0n) is 17.0. The average Bonchev–Trinajstić information content (AvgIpc) is 3.17. The Morgan fingerprint density at radius 1 is 1.00 bits per heavy atom. The molecule has 174 valence electrons. The van der Waals surface area contributed by atoms with E-state index in [1.165, 1.54) is 6.07 Å². The van der Waals surface area contributed by atoms with Crippen molar-refractivity contribution in [3.63, 3.8) is 0 Å². The zero-order valence-corrected chi connectivity index (χ0v) is 17.0. The van der Waals surface area contributed by atoms with Crippen LogP contribution >= 0.6 is 0 Å². The van der Waals surface area contributed by atoms with Crippen molar-refractivity contribution in [1.82, 2.24) is 14.0 Å². The van der Waals surface area contributed by atoms with Crippen LogP contribution in [0.15, 0.2) is 53.5 Å². The molecule has 4 rings (SSSR count). The maximum absolute atomic E-state index is 12.7. The third-order valence-electron chi connectivity index (χ3n) is 5.34. The summed E-state index contributed by atoms with van der Waals surface area (Å²) in [6, 6.07) is 11.7. The molecule has 0 radical (unpaired) electrons. The third kappa shape index (κ3) is 4.76. The predicted octanol–water partition coefficient (Wildman–Crippen LogP) is 3.85. The van der Waals surface area contributed by atoms with Crippen LogP contribution in [0.1, 0.15) is 21.5 Å². The molecule has 0 atom stereocenters. The fraction of sp³-hybridized carbons (Fsp3) is 0.273. The van der Waals surface area contributed by atoms with Crippen LogP contribution in [0.3, 0.4) is 0 Å². The second-order valence-corrected chi connectivity index (χ2v) is 7.74. The standard InChI is InChI=1S/C22H18F5N3O3/c23-18(24)10-30-19(31)11-28(21(30)33)8-13-1-3-14(4-2-13)15-5-6-17-16(7-15)9-29(20(17)32)12-22(25,26)27/h1-7,11,18,31H,8-10,12H2. The van der Waals surface area contributed by atoms with Gasteiger partial charge in [-0.15, -0.1) is 0 Å². The van der Waals surface area contributed by atoms with Gasteiger partial charge in [0, 0.05) is 12.1 Å². The van der Waals surface area contributed by atoms with E-state index in [2.05, 4.69) is 0 Å². The number of carbonyl (C=O) groups is 1. The molecular weight excluding hydrogens is 449 g/mol. The smallest absolute Gasteiger partial charge is 0.406 e. The molecule has 11 heteroatoms. The maximum atomic E-state index is 12.7. The Bertz CT molecular complexity index is 1250. The maximum Gasteiger partial charge on any atom is 0.406 e. The molecule has 1 aliphatic heterocycles. The number of hydrogen-bond donors (Lipinski definition) is 1. The van der Waals surface area contributed by atoms with E-state index in [9.17, 15) is 36.6 Å². The molecule has 0 bridgehead atoms. The van der Waals surface area contributed by atoms with E-state index in [0.29, 0.717) is 21.3 Å². The monoisotopic (exact) mass is 467 g/mol. The highest BCUT2D eigenvalue weighted by Crippen LogP contribution is 2.30. The molecule has 1 amide bonds. The van der Waals surface area contributed by atoms with Crippen LogP contribution in [0.2, 0.25) is 0 Å². The average molecular weight is 467 g/mol. The lowest BCUT2D eigenvalue weighted by Gasteiger charge is -2.17. The lowest BCUT2D eigenvalue weighted by molar-refractivity contribution is -0.140. The Labute approximate surface area is 184 Å². The van der Waals surface area contributed by atoms with Crippen LogP contribution in [0.5, 0.6) is 5.88 Å². The van der Waals surface area contributed by atoms with Crippen LogP contribution in [0.4, 0.5) is 22.0 Å². The van der Waals surface area contributed by atoms with Gasteiger partial charge in [-0.05, 0) is 34.4 Å². The van der Waals surface area contributed by atoms with E-state index in [1.54, 1.807) is 36.4 Å². The fourth-order valence-electron chi connectivity index (χ4n) is 3.84. The molecule has 1 aromatic heterocycles. The minimum absolute atomic E-state index is 0.0496. The number of alkyl halides is 5. The van der Waals surface area contributed by atoms with Crippen LogP contribution in [-0.4, -0.2) is 44.2 Å². The first-order chi connectivity index (χ1) is 15.5. The Hall–Kier alpha value is -3.63. The molecule has 33 heavy (non-hydrogen) atoms. The van der Waals surface area contributed by atoms with Crippen molar-refractivity contribution in [2.75, 3.05) is 6.54 Å². The number of hydrogen-bond acceptors (Lipinski definition) is 3. The van der Waals surface area contributed by atoms with E-state index in [4.69, 9.17) is 0 Å². The van der Waals surface area contributed by atoms with E-state index in [1.807, 2.05) is 0 Å². The third-order valence-corrected chi connectivity index (χ3v) is 5.34. The summed E-state index contributed by atoms with van der Waals surface area (Å²) in [6.07, 6.45) is -6.18. The summed E-state index contributed by atoms with van der Waals surface area (Å²) in [5, 5.41) is 9.73. The highest BCUT2D eigenvalue weighted by molar-refractivity contribution is 5.99. The number of aromatic nitrogens is 2. The number of amides is 1. The first-order valence-corrected chi connectivity index (χ1v) is 9.87. The van der Waals surface area contributed by atoms with Crippen molar-refractivity contribution in [1.29, 1.82) is 0 Å². The number of rotatable bonds is 6. The number of imidazole rings is 1. The molecule has 1 aliphatic rings. The summed E-state index contributed by atoms with van der Waals surface area (Å²) >= 11 is 0. The van der Waals surface area contributed by atoms with Crippen molar-refractivity contribution >= 4 is 5.91 Å². The number of benzene rings is 2. The Morgan fingerprint density at radius 3 is 2.30 bits per heavy atom. The molecule has 0 unspecified atom stereocenters. The van der Waals surface area contributed by atoms with E-state index < -0.39 is 43.2 Å². The largest absolute Gasteiger partial charge is 0.493 e. The predicted molar refractivity (Wildman–Crippen MR) is 108 cm³/mol. The summed E-state index contributed by atoms with van der Waals surface area (Å²) in [5.41, 5.74) is 2.11. The Balaban J connectivity index is 1.51. The molecule has 2 aromatic carbocycles. The summed E-state index contributed by atoms with van der Waals surface area (Å²) in [6.45, 7) is -2.29. The zero-order chi connectivity index (χ0) is 23.9. The van der Waals surface area contributed by atoms with Gasteiger partial charge < -0.3 is 10.0 Å². The molecule has 0 spiro atoms. The highest BCUT2D eigenvalue weighted by Gasteiger charge is 2.37. The van der Waals surface area contributed by atoms with Gasteiger partial charge in [-0.3, -0.25) is 13.9 Å². The minimum Gasteiger partial charge on any atom is -0.493 e. The first kappa shape index (κ1) is 22.6. The number of aromatic hydroxyl groups is 1. The van der Waals surface area contributed by atoms with Crippen LogP contribution in [0.25, 0.3) is 11.1 Å². The molecule has 0 saturated heterocycles. The topological polar surface area (TPSA) is 67.5 Å². The van der Waals surface area contributed by atoms with Gasteiger partial charge in [0.2, 0.25) is 5.88 Å². The summed E-state index contributed by atoms with van der Waals surface area (Å²) < 4.78 is 64.9. The Kier molecular flexibility index (Phi) is 5.73. The SMILES string of the molecule is O=C1c2ccc(-c3ccc(Cn4cc(O)n(CC(F)F)c4=O)cc3)cc2CN1CC(F)(F)F. The summed E-state index contributed by atoms with van der Waals surface area (Å²) in [4.78, 5) is 25.1. The molecule has 3 aromatic rings.